The summed E-state index contributed by atoms with van der Waals surface area (Å²) >= 11 is 0. The summed E-state index contributed by atoms with van der Waals surface area (Å²) in [4.78, 5) is 0. The Morgan fingerprint density at radius 1 is 0.900 bits per heavy atom. The predicted octanol–water partition coefficient (Wildman–Crippen LogP) is 5.28. The molecular weight excluding hydrogens is 261 g/mol. The number of benzene rings is 2. The van der Waals surface area contributed by atoms with Gasteiger partial charge in [-0.1, -0.05) is 30.3 Å². The third kappa shape index (κ3) is 3.29. The van der Waals surface area contributed by atoms with Gasteiger partial charge in [0, 0.05) is 0 Å². The highest BCUT2D eigenvalue weighted by Crippen LogP contribution is 2.24. The fourth-order valence-electron chi connectivity index (χ4n) is 2.04. The molecule has 0 fully saturated rings. The molecule has 0 spiro atoms. The quantitative estimate of drug-likeness (QED) is 0.396. The molecule has 0 nitrogen and oxygen atoms in total. The van der Waals surface area contributed by atoms with Crippen LogP contribution < -0.4 is 0 Å². The van der Waals surface area contributed by atoms with Crippen molar-refractivity contribution in [2.45, 2.75) is 19.3 Å². The topological polar surface area (TPSA) is 0 Å². The third-order valence-electron chi connectivity index (χ3n) is 3.14. The van der Waals surface area contributed by atoms with Crippen molar-refractivity contribution in [3.05, 3.63) is 72.1 Å². The van der Waals surface area contributed by atoms with E-state index in [9.17, 15) is 13.2 Å². The van der Waals surface area contributed by atoms with Gasteiger partial charge in [0.05, 0.1) is 0 Å². The van der Waals surface area contributed by atoms with E-state index in [1.807, 2.05) is 18.2 Å². The summed E-state index contributed by atoms with van der Waals surface area (Å²) in [6, 6.07) is 9.41. The molecule has 2 rings (SSSR count). The standard InChI is InChI=1S/C17H15F3/c1-2-3-4-5-12-6-8-13(9-7-12)14-10-15(18)17(20)16(19)11-14/h2,6-11H,1,3-5H2. The number of hydrogen-bond acceptors (Lipinski definition) is 0. The van der Waals surface area contributed by atoms with Crippen LogP contribution in [0.15, 0.2) is 49.1 Å². The summed E-state index contributed by atoms with van der Waals surface area (Å²) in [7, 11) is 0. The summed E-state index contributed by atoms with van der Waals surface area (Å²) < 4.78 is 39.3. The first kappa shape index (κ1) is 14.4. The second-order valence-corrected chi connectivity index (χ2v) is 4.63. The van der Waals surface area contributed by atoms with Gasteiger partial charge in [-0.25, -0.2) is 13.2 Å². The summed E-state index contributed by atoms with van der Waals surface area (Å²) in [6.07, 6.45) is 4.77. The van der Waals surface area contributed by atoms with Gasteiger partial charge in [0.25, 0.3) is 0 Å². The van der Waals surface area contributed by atoms with Crippen LogP contribution in [0.4, 0.5) is 13.2 Å². The van der Waals surface area contributed by atoms with E-state index in [4.69, 9.17) is 0 Å². The van der Waals surface area contributed by atoms with E-state index in [1.54, 1.807) is 12.1 Å². The Bertz CT molecular complexity index is 577. The number of aryl methyl sites for hydroxylation is 1. The van der Waals surface area contributed by atoms with Gasteiger partial charge in [-0.15, -0.1) is 6.58 Å². The SMILES string of the molecule is C=CCCCc1ccc(-c2cc(F)c(F)c(F)c2)cc1. The van der Waals surface area contributed by atoms with Crippen molar-refractivity contribution in [3.63, 3.8) is 0 Å². The Morgan fingerprint density at radius 2 is 1.50 bits per heavy atom. The largest absolute Gasteiger partial charge is 0.204 e. The van der Waals surface area contributed by atoms with E-state index in [-0.39, 0.29) is 0 Å². The normalized spacial score (nSPS) is 10.6. The van der Waals surface area contributed by atoms with Gasteiger partial charge in [0.2, 0.25) is 0 Å². The molecular formula is C17H15F3. The van der Waals surface area contributed by atoms with Crippen molar-refractivity contribution in [1.82, 2.24) is 0 Å². The molecule has 0 aliphatic heterocycles. The van der Waals surface area contributed by atoms with Crippen LogP contribution in [-0.2, 0) is 6.42 Å². The fraction of sp³-hybridized carbons (Fsp3) is 0.176. The second-order valence-electron chi connectivity index (χ2n) is 4.63. The van der Waals surface area contributed by atoms with E-state index < -0.39 is 17.5 Å². The van der Waals surface area contributed by atoms with Crippen LogP contribution in [0.2, 0.25) is 0 Å². The number of halogens is 3. The van der Waals surface area contributed by atoms with Crippen molar-refractivity contribution in [1.29, 1.82) is 0 Å². The van der Waals surface area contributed by atoms with E-state index in [0.29, 0.717) is 11.1 Å². The molecule has 2 aromatic rings. The van der Waals surface area contributed by atoms with Crippen LogP contribution in [-0.4, -0.2) is 0 Å². The Hall–Kier alpha value is -2.03. The Morgan fingerprint density at radius 3 is 2.05 bits per heavy atom. The maximum Gasteiger partial charge on any atom is 0.194 e. The van der Waals surface area contributed by atoms with Crippen molar-refractivity contribution < 1.29 is 13.2 Å². The van der Waals surface area contributed by atoms with Gasteiger partial charge in [0.15, 0.2) is 17.5 Å². The second kappa shape index (κ2) is 6.42. The van der Waals surface area contributed by atoms with Crippen LogP contribution in [0.5, 0.6) is 0 Å². The minimum atomic E-state index is -1.44. The molecule has 0 saturated heterocycles. The van der Waals surface area contributed by atoms with Crippen LogP contribution in [0, 0.1) is 17.5 Å². The lowest BCUT2D eigenvalue weighted by molar-refractivity contribution is 0.448. The minimum absolute atomic E-state index is 0.332. The Labute approximate surface area is 116 Å². The molecule has 0 aliphatic carbocycles. The molecule has 2 aromatic carbocycles. The van der Waals surface area contributed by atoms with Gasteiger partial charge in [-0.2, -0.15) is 0 Å². The van der Waals surface area contributed by atoms with E-state index in [2.05, 4.69) is 6.58 Å². The molecule has 0 radical (unpaired) electrons. The van der Waals surface area contributed by atoms with Crippen LogP contribution in [0.3, 0.4) is 0 Å². The van der Waals surface area contributed by atoms with Crippen LogP contribution in [0.25, 0.3) is 11.1 Å². The van der Waals surface area contributed by atoms with Crippen LogP contribution >= 0.6 is 0 Å². The highest BCUT2D eigenvalue weighted by molar-refractivity contribution is 5.63. The summed E-state index contributed by atoms with van der Waals surface area (Å²) in [5.41, 5.74) is 2.15. The molecule has 0 N–H and O–H groups in total. The zero-order valence-electron chi connectivity index (χ0n) is 11.0. The molecule has 0 unspecified atom stereocenters. The summed E-state index contributed by atoms with van der Waals surface area (Å²) in [6.45, 7) is 3.67. The molecule has 0 saturated carbocycles. The van der Waals surface area contributed by atoms with Gasteiger partial charge in [-0.3, -0.25) is 0 Å². The summed E-state index contributed by atoms with van der Waals surface area (Å²) in [5.74, 6) is -3.78. The zero-order chi connectivity index (χ0) is 14.5. The predicted molar refractivity (Wildman–Crippen MR) is 74.9 cm³/mol. The van der Waals surface area contributed by atoms with Gasteiger partial charge < -0.3 is 0 Å². The van der Waals surface area contributed by atoms with Gasteiger partial charge in [0.1, 0.15) is 0 Å². The molecule has 0 bridgehead atoms. The lowest BCUT2D eigenvalue weighted by atomic mass is 10.0. The Kier molecular flexibility index (Phi) is 4.61. The molecule has 0 heterocycles. The third-order valence-corrected chi connectivity index (χ3v) is 3.14. The van der Waals surface area contributed by atoms with E-state index in [0.717, 1.165) is 37.0 Å². The molecule has 0 atom stereocenters. The molecule has 104 valence electrons. The number of unbranched alkanes of at least 4 members (excludes halogenated alkanes) is 1. The van der Waals surface area contributed by atoms with Crippen LogP contribution in [0.1, 0.15) is 18.4 Å². The molecule has 3 heteroatoms. The highest BCUT2D eigenvalue weighted by atomic mass is 19.2. The average molecular weight is 276 g/mol. The summed E-state index contributed by atoms with van der Waals surface area (Å²) in [5, 5.41) is 0. The molecule has 20 heavy (non-hydrogen) atoms. The monoisotopic (exact) mass is 276 g/mol. The first-order valence-electron chi connectivity index (χ1n) is 6.46. The maximum absolute atomic E-state index is 13.2. The average Bonchev–Trinajstić information content (AvgIpc) is 2.45. The number of allylic oxidation sites excluding steroid dienone is 1. The van der Waals surface area contributed by atoms with Crippen molar-refractivity contribution in [2.75, 3.05) is 0 Å². The fourth-order valence-corrected chi connectivity index (χ4v) is 2.04. The first-order chi connectivity index (χ1) is 9.61. The highest BCUT2D eigenvalue weighted by Gasteiger charge is 2.11. The molecule has 0 aliphatic rings. The zero-order valence-corrected chi connectivity index (χ0v) is 11.0. The molecule has 0 amide bonds. The minimum Gasteiger partial charge on any atom is -0.204 e. The van der Waals surface area contributed by atoms with E-state index >= 15 is 0 Å². The maximum atomic E-state index is 13.2. The first-order valence-corrected chi connectivity index (χ1v) is 6.46. The Balaban J connectivity index is 2.19. The smallest absolute Gasteiger partial charge is 0.194 e. The van der Waals surface area contributed by atoms with Crippen molar-refractivity contribution in [2.24, 2.45) is 0 Å². The van der Waals surface area contributed by atoms with Crippen molar-refractivity contribution in [3.8, 4) is 11.1 Å². The van der Waals surface area contributed by atoms with Gasteiger partial charge in [-0.05, 0) is 48.1 Å². The molecule has 0 aromatic heterocycles. The lowest BCUT2D eigenvalue weighted by Gasteiger charge is -2.05. The van der Waals surface area contributed by atoms with E-state index in [1.165, 1.54) is 0 Å². The van der Waals surface area contributed by atoms with Crippen molar-refractivity contribution >= 4 is 0 Å². The number of hydrogen-bond donors (Lipinski definition) is 0. The van der Waals surface area contributed by atoms with Gasteiger partial charge >= 0.3 is 0 Å². The lowest BCUT2D eigenvalue weighted by Crippen LogP contribution is -1.92. The number of rotatable bonds is 5.